The normalized spacial score (nSPS) is 12.0. The third-order valence-corrected chi connectivity index (χ3v) is 3.63. The molecule has 2 aromatic rings. The number of nitrogens with zero attached hydrogens (tertiary/aromatic N) is 2. The van der Waals surface area contributed by atoms with Crippen molar-refractivity contribution in [2.24, 2.45) is 0 Å². The van der Waals surface area contributed by atoms with E-state index in [1.165, 1.54) is 10.7 Å². The molecule has 0 fully saturated rings. The highest BCUT2D eigenvalue weighted by atomic mass is 16.2. The van der Waals surface area contributed by atoms with Gasteiger partial charge in [-0.05, 0) is 51.8 Å². The molecule has 1 N–H and O–H groups in total. The van der Waals surface area contributed by atoms with Crippen LogP contribution in [-0.2, 0) is 4.79 Å². The Morgan fingerprint density at radius 3 is 2.32 bits per heavy atom. The predicted molar refractivity (Wildman–Crippen MR) is 87.2 cm³/mol. The van der Waals surface area contributed by atoms with Gasteiger partial charge in [0.1, 0.15) is 6.04 Å². The van der Waals surface area contributed by atoms with E-state index in [1.54, 1.807) is 19.9 Å². The highest BCUT2D eigenvalue weighted by molar-refractivity contribution is 5.94. The Bertz CT molecular complexity index is 755. The monoisotopic (exact) mass is 299 g/mol. The average Bonchev–Trinajstić information content (AvgIpc) is 2.44. The second-order valence-electron chi connectivity index (χ2n) is 5.70. The summed E-state index contributed by atoms with van der Waals surface area (Å²) in [4.78, 5) is 24.3. The molecule has 0 spiro atoms. The quantitative estimate of drug-likeness (QED) is 0.947. The fourth-order valence-electron chi connectivity index (χ4n) is 2.51. The van der Waals surface area contributed by atoms with Crippen molar-refractivity contribution in [1.29, 1.82) is 0 Å². The number of benzene rings is 1. The van der Waals surface area contributed by atoms with Crippen LogP contribution in [0.3, 0.4) is 0 Å². The van der Waals surface area contributed by atoms with Gasteiger partial charge in [0, 0.05) is 11.8 Å². The molecule has 22 heavy (non-hydrogen) atoms. The molecule has 5 nitrogen and oxygen atoms in total. The number of amides is 1. The van der Waals surface area contributed by atoms with Crippen LogP contribution < -0.4 is 10.9 Å². The number of rotatable bonds is 3. The standard InChI is InChI=1S/C17H21N3O2/c1-10-8-11(2)16(12(3)9-10)18-17(22)14(5)20-15(21)7-6-13(4)19-20/h6-9,14H,1-5H3,(H,18,22). The minimum Gasteiger partial charge on any atom is -0.324 e. The smallest absolute Gasteiger partial charge is 0.267 e. The van der Waals surface area contributed by atoms with Crippen molar-refractivity contribution in [3.63, 3.8) is 0 Å². The molecule has 0 bridgehead atoms. The lowest BCUT2D eigenvalue weighted by Gasteiger charge is -2.17. The summed E-state index contributed by atoms with van der Waals surface area (Å²) in [6, 6.07) is 6.42. The van der Waals surface area contributed by atoms with Crippen LogP contribution in [0.1, 0.15) is 35.3 Å². The Kier molecular flexibility index (Phi) is 4.45. The summed E-state index contributed by atoms with van der Waals surface area (Å²) < 4.78 is 1.21. The number of anilines is 1. The molecule has 116 valence electrons. The van der Waals surface area contributed by atoms with Gasteiger partial charge in [-0.3, -0.25) is 9.59 Å². The van der Waals surface area contributed by atoms with E-state index in [9.17, 15) is 9.59 Å². The zero-order chi connectivity index (χ0) is 16.4. The van der Waals surface area contributed by atoms with Gasteiger partial charge in [0.15, 0.2) is 0 Å². The maximum atomic E-state index is 12.5. The fourth-order valence-corrected chi connectivity index (χ4v) is 2.51. The van der Waals surface area contributed by atoms with Crippen LogP contribution in [0.4, 0.5) is 5.69 Å². The highest BCUT2D eigenvalue weighted by Gasteiger charge is 2.19. The summed E-state index contributed by atoms with van der Waals surface area (Å²) in [6.07, 6.45) is 0. The molecule has 0 aliphatic rings. The second-order valence-corrected chi connectivity index (χ2v) is 5.70. The Morgan fingerprint density at radius 1 is 1.14 bits per heavy atom. The lowest BCUT2D eigenvalue weighted by Crippen LogP contribution is -2.33. The maximum absolute atomic E-state index is 12.5. The Labute approximate surface area is 130 Å². The number of hydrogen-bond donors (Lipinski definition) is 1. The number of carbonyl (C=O) groups excluding carboxylic acids is 1. The van der Waals surface area contributed by atoms with E-state index in [2.05, 4.69) is 10.4 Å². The largest absolute Gasteiger partial charge is 0.324 e. The van der Waals surface area contributed by atoms with E-state index >= 15 is 0 Å². The van der Waals surface area contributed by atoms with Crippen molar-refractivity contribution in [2.75, 3.05) is 5.32 Å². The Morgan fingerprint density at radius 2 is 1.73 bits per heavy atom. The zero-order valence-corrected chi connectivity index (χ0v) is 13.6. The first-order chi connectivity index (χ1) is 10.3. The van der Waals surface area contributed by atoms with E-state index in [-0.39, 0.29) is 11.5 Å². The molecule has 1 aromatic carbocycles. The summed E-state index contributed by atoms with van der Waals surface area (Å²) in [5.41, 5.74) is 4.36. The lowest BCUT2D eigenvalue weighted by molar-refractivity contribution is -0.119. The molecule has 5 heteroatoms. The van der Waals surface area contributed by atoms with Gasteiger partial charge in [-0.15, -0.1) is 0 Å². The predicted octanol–water partition coefficient (Wildman–Crippen LogP) is 2.68. The lowest BCUT2D eigenvalue weighted by atomic mass is 10.0. The fraction of sp³-hybridized carbons (Fsp3) is 0.353. The first-order valence-electron chi connectivity index (χ1n) is 7.25. The van der Waals surface area contributed by atoms with Gasteiger partial charge < -0.3 is 5.32 Å². The molecule has 1 aromatic heterocycles. The third-order valence-electron chi connectivity index (χ3n) is 3.63. The topological polar surface area (TPSA) is 64.0 Å². The minimum atomic E-state index is -0.674. The minimum absolute atomic E-state index is 0.254. The molecule has 1 amide bonds. The molecule has 1 unspecified atom stereocenters. The first-order valence-corrected chi connectivity index (χ1v) is 7.25. The summed E-state index contributed by atoms with van der Waals surface area (Å²) in [5, 5.41) is 7.05. The van der Waals surface area contributed by atoms with Crippen LogP contribution in [0.25, 0.3) is 0 Å². The molecular formula is C17H21N3O2. The zero-order valence-electron chi connectivity index (χ0n) is 13.6. The second kappa shape index (κ2) is 6.13. The molecule has 0 radical (unpaired) electrons. The van der Waals surface area contributed by atoms with E-state index in [1.807, 2.05) is 32.9 Å². The maximum Gasteiger partial charge on any atom is 0.267 e. The van der Waals surface area contributed by atoms with Crippen molar-refractivity contribution >= 4 is 11.6 Å². The van der Waals surface area contributed by atoms with Crippen LogP contribution in [0.5, 0.6) is 0 Å². The van der Waals surface area contributed by atoms with Gasteiger partial charge in [-0.25, -0.2) is 4.68 Å². The van der Waals surface area contributed by atoms with Gasteiger partial charge >= 0.3 is 0 Å². The summed E-state index contributed by atoms with van der Waals surface area (Å²) in [5.74, 6) is -0.254. The van der Waals surface area contributed by atoms with Gasteiger partial charge in [-0.2, -0.15) is 5.10 Å². The van der Waals surface area contributed by atoms with Crippen molar-refractivity contribution < 1.29 is 4.79 Å². The van der Waals surface area contributed by atoms with Crippen LogP contribution in [0, 0.1) is 27.7 Å². The van der Waals surface area contributed by atoms with Crippen LogP contribution >= 0.6 is 0 Å². The van der Waals surface area contributed by atoms with E-state index in [0.717, 1.165) is 22.4 Å². The Hall–Kier alpha value is -2.43. The van der Waals surface area contributed by atoms with Crippen molar-refractivity contribution in [1.82, 2.24) is 9.78 Å². The van der Waals surface area contributed by atoms with Crippen LogP contribution in [0.2, 0.25) is 0 Å². The summed E-state index contributed by atoms with van der Waals surface area (Å²) in [7, 11) is 0. The third kappa shape index (κ3) is 3.24. The van der Waals surface area contributed by atoms with Gasteiger partial charge in [0.2, 0.25) is 5.91 Å². The van der Waals surface area contributed by atoms with Crippen LogP contribution in [-0.4, -0.2) is 15.7 Å². The first kappa shape index (κ1) is 15.9. The summed E-state index contributed by atoms with van der Waals surface area (Å²) in [6.45, 7) is 9.38. The average molecular weight is 299 g/mol. The van der Waals surface area contributed by atoms with E-state index in [0.29, 0.717) is 5.69 Å². The van der Waals surface area contributed by atoms with Gasteiger partial charge in [-0.1, -0.05) is 17.7 Å². The van der Waals surface area contributed by atoms with Gasteiger partial charge in [0.05, 0.1) is 5.69 Å². The van der Waals surface area contributed by atoms with Gasteiger partial charge in [0.25, 0.3) is 5.56 Å². The van der Waals surface area contributed by atoms with E-state index < -0.39 is 6.04 Å². The van der Waals surface area contributed by atoms with Crippen molar-refractivity contribution in [3.8, 4) is 0 Å². The molecule has 0 aliphatic carbocycles. The van der Waals surface area contributed by atoms with Crippen molar-refractivity contribution in [3.05, 3.63) is 57.0 Å². The molecule has 0 aliphatic heterocycles. The SMILES string of the molecule is Cc1cc(C)c(NC(=O)C(C)n2nc(C)ccc2=O)c(C)c1. The van der Waals surface area contributed by atoms with Crippen LogP contribution in [0.15, 0.2) is 29.1 Å². The molecule has 1 heterocycles. The number of carbonyl (C=O) groups is 1. The summed E-state index contributed by atoms with van der Waals surface area (Å²) >= 11 is 0. The number of aryl methyl sites for hydroxylation is 4. The highest BCUT2D eigenvalue weighted by Crippen LogP contribution is 2.22. The number of nitrogens with one attached hydrogen (secondary N) is 1. The molecular weight excluding hydrogens is 278 g/mol. The van der Waals surface area contributed by atoms with Crippen molar-refractivity contribution in [2.45, 2.75) is 40.7 Å². The molecule has 2 rings (SSSR count). The number of aromatic nitrogens is 2. The molecule has 1 atom stereocenters. The molecule has 0 saturated heterocycles. The van der Waals surface area contributed by atoms with E-state index in [4.69, 9.17) is 0 Å². The number of hydrogen-bond acceptors (Lipinski definition) is 3. The Balaban J connectivity index is 2.30. The molecule has 0 saturated carbocycles.